The monoisotopic (exact) mass is 368 g/mol. The van der Waals surface area contributed by atoms with Crippen molar-refractivity contribution in [3.63, 3.8) is 0 Å². The lowest BCUT2D eigenvalue weighted by Gasteiger charge is -2.09. The van der Waals surface area contributed by atoms with Gasteiger partial charge in [-0.15, -0.1) is 0 Å². The van der Waals surface area contributed by atoms with Gasteiger partial charge in [0.1, 0.15) is 17.2 Å². The topological polar surface area (TPSA) is 90.7 Å². The van der Waals surface area contributed by atoms with Crippen LogP contribution in [0.5, 0.6) is 11.5 Å². The average Bonchev–Trinajstić information content (AvgIpc) is 2.68. The van der Waals surface area contributed by atoms with Gasteiger partial charge >= 0.3 is 0 Å². The molecule has 3 N–H and O–H groups in total. The number of hydrogen-bond acceptors (Lipinski definition) is 4. The summed E-state index contributed by atoms with van der Waals surface area (Å²) < 4.78 is 10.7. The Balaban J connectivity index is 2.07. The Labute approximate surface area is 159 Å². The van der Waals surface area contributed by atoms with E-state index in [9.17, 15) is 9.59 Å². The molecule has 2 amide bonds. The molecule has 0 bridgehead atoms. The molecule has 0 radical (unpaired) electrons. The van der Waals surface area contributed by atoms with E-state index < -0.39 is 11.8 Å². The van der Waals surface area contributed by atoms with E-state index in [1.807, 2.05) is 0 Å². The molecule has 0 aliphatic carbocycles. The van der Waals surface area contributed by atoms with E-state index in [4.69, 9.17) is 15.2 Å². The Kier molecular flexibility index (Phi) is 7.43. The van der Waals surface area contributed by atoms with E-state index in [0.29, 0.717) is 29.2 Å². The summed E-state index contributed by atoms with van der Waals surface area (Å²) in [5.74, 6) is 0.245. The molecule has 27 heavy (non-hydrogen) atoms. The minimum atomic E-state index is -0.723. The molecule has 2 aromatic rings. The fraction of sp³-hybridized carbons (Fsp3) is 0.238. The summed E-state index contributed by atoms with van der Waals surface area (Å²) in [6, 6.07) is 13.8. The predicted molar refractivity (Wildman–Crippen MR) is 104 cm³/mol. The van der Waals surface area contributed by atoms with Crippen LogP contribution in [0.3, 0.4) is 0 Å². The molecule has 0 saturated carbocycles. The van der Waals surface area contributed by atoms with E-state index in [1.54, 1.807) is 55.6 Å². The average molecular weight is 368 g/mol. The van der Waals surface area contributed by atoms with Crippen molar-refractivity contribution in [3.8, 4) is 11.5 Å². The number of methoxy groups -OCH3 is 1. The predicted octanol–water partition coefficient (Wildman–Crippen LogP) is 3.13. The fourth-order valence-corrected chi connectivity index (χ4v) is 2.27. The van der Waals surface area contributed by atoms with E-state index in [-0.39, 0.29) is 5.70 Å². The lowest BCUT2D eigenvalue weighted by atomic mass is 10.1. The first-order valence-electron chi connectivity index (χ1n) is 8.73. The summed E-state index contributed by atoms with van der Waals surface area (Å²) in [5.41, 5.74) is 6.52. The Morgan fingerprint density at radius 1 is 1.04 bits per heavy atom. The van der Waals surface area contributed by atoms with Crippen molar-refractivity contribution in [2.24, 2.45) is 5.73 Å². The number of benzene rings is 2. The number of nitrogens with two attached hydrogens (primary N) is 1. The van der Waals surface area contributed by atoms with Crippen molar-refractivity contribution in [1.29, 1.82) is 0 Å². The third-order valence-corrected chi connectivity index (χ3v) is 3.82. The lowest BCUT2D eigenvalue weighted by molar-refractivity contribution is -0.114. The van der Waals surface area contributed by atoms with Crippen LogP contribution < -0.4 is 20.5 Å². The van der Waals surface area contributed by atoms with Gasteiger partial charge in [0, 0.05) is 5.56 Å². The standard InChI is InChI=1S/C21H24N2O4/c1-3-4-13-27-18-11-7-16(8-12-18)21(25)23-19(20(22)24)14-15-5-9-17(26-2)10-6-15/h5-12,14H,3-4,13H2,1-2H3,(H2,22,24)(H,23,25)/b19-14+. The maximum Gasteiger partial charge on any atom is 0.265 e. The van der Waals surface area contributed by atoms with E-state index in [1.165, 1.54) is 6.08 Å². The highest BCUT2D eigenvalue weighted by Crippen LogP contribution is 2.15. The van der Waals surface area contributed by atoms with Crippen LogP contribution >= 0.6 is 0 Å². The number of primary amides is 1. The van der Waals surface area contributed by atoms with Crippen LogP contribution in [-0.2, 0) is 4.79 Å². The SMILES string of the molecule is CCCCOc1ccc(C(=O)N/C(=C/c2ccc(OC)cc2)C(N)=O)cc1. The van der Waals surface area contributed by atoms with Gasteiger partial charge in [0.15, 0.2) is 0 Å². The number of ether oxygens (including phenoxy) is 2. The molecule has 0 aliphatic heterocycles. The zero-order chi connectivity index (χ0) is 19.6. The minimum Gasteiger partial charge on any atom is -0.497 e. The molecule has 0 atom stereocenters. The van der Waals surface area contributed by atoms with Crippen LogP contribution in [0.2, 0.25) is 0 Å². The summed E-state index contributed by atoms with van der Waals surface area (Å²) >= 11 is 0. The second-order valence-corrected chi connectivity index (χ2v) is 5.88. The minimum absolute atomic E-state index is 0.00781. The molecule has 0 aliphatic rings. The fourth-order valence-electron chi connectivity index (χ4n) is 2.27. The number of amides is 2. The van der Waals surface area contributed by atoms with Gasteiger partial charge in [-0.3, -0.25) is 9.59 Å². The smallest absolute Gasteiger partial charge is 0.265 e. The molecule has 0 fully saturated rings. The Bertz CT molecular complexity index is 796. The maximum atomic E-state index is 12.4. The van der Waals surface area contributed by atoms with E-state index in [2.05, 4.69) is 12.2 Å². The van der Waals surface area contributed by atoms with Crippen molar-refractivity contribution in [2.45, 2.75) is 19.8 Å². The van der Waals surface area contributed by atoms with Crippen molar-refractivity contribution in [2.75, 3.05) is 13.7 Å². The number of rotatable bonds is 9. The molecule has 142 valence electrons. The zero-order valence-corrected chi connectivity index (χ0v) is 15.5. The van der Waals surface area contributed by atoms with Crippen LogP contribution in [0, 0.1) is 0 Å². The molecule has 6 nitrogen and oxygen atoms in total. The quantitative estimate of drug-likeness (QED) is 0.525. The summed E-state index contributed by atoms with van der Waals surface area (Å²) in [7, 11) is 1.57. The second kappa shape index (κ2) is 10.0. The van der Waals surface area contributed by atoms with Crippen molar-refractivity contribution in [1.82, 2.24) is 5.32 Å². The highest BCUT2D eigenvalue weighted by atomic mass is 16.5. The largest absolute Gasteiger partial charge is 0.497 e. The number of unbranched alkanes of at least 4 members (excludes halogenated alkanes) is 1. The van der Waals surface area contributed by atoms with Crippen LogP contribution in [0.4, 0.5) is 0 Å². The number of carbonyl (C=O) groups excluding carboxylic acids is 2. The second-order valence-electron chi connectivity index (χ2n) is 5.88. The third kappa shape index (κ3) is 6.18. The highest BCUT2D eigenvalue weighted by Gasteiger charge is 2.12. The normalized spacial score (nSPS) is 11.0. The van der Waals surface area contributed by atoms with Gasteiger partial charge in [0.05, 0.1) is 13.7 Å². The number of carbonyl (C=O) groups is 2. The molecule has 2 aromatic carbocycles. The van der Waals surface area contributed by atoms with Crippen molar-refractivity contribution in [3.05, 3.63) is 65.4 Å². The summed E-state index contributed by atoms with van der Waals surface area (Å²) in [4.78, 5) is 24.1. The maximum absolute atomic E-state index is 12.4. The number of nitrogens with one attached hydrogen (secondary N) is 1. The molecule has 2 rings (SSSR count). The molecule has 0 unspecified atom stereocenters. The van der Waals surface area contributed by atoms with Crippen LogP contribution in [-0.4, -0.2) is 25.5 Å². The van der Waals surface area contributed by atoms with Gasteiger partial charge < -0.3 is 20.5 Å². The zero-order valence-electron chi connectivity index (χ0n) is 15.5. The van der Waals surface area contributed by atoms with Gasteiger partial charge in [-0.2, -0.15) is 0 Å². The molecule has 6 heteroatoms. The summed E-state index contributed by atoms with van der Waals surface area (Å²) in [5, 5.41) is 2.56. The Morgan fingerprint density at radius 3 is 2.22 bits per heavy atom. The number of hydrogen-bond donors (Lipinski definition) is 2. The van der Waals surface area contributed by atoms with E-state index >= 15 is 0 Å². The Morgan fingerprint density at radius 2 is 1.67 bits per heavy atom. The summed E-state index contributed by atoms with van der Waals surface area (Å²) in [6.07, 6.45) is 3.54. The van der Waals surface area contributed by atoms with E-state index in [0.717, 1.165) is 12.8 Å². The first-order chi connectivity index (χ1) is 13.0. The molecular weight excluding hydrogens is 344 g/mol. The van der Waals surface area contributed by atoms with Crippen molar-refractivity contribution < 1.29 is 19.1 Å². The van der Waals surface area contributed by atoms with Gasteiger partial charge in [0.2, 0.25) is 0 Å². The highest BCUT2D eigenvalue weighted by molar-refractivity contribution is 6.04. The molecule has 0 spiro atoms. The molecule has 0 aromatic heterocycles. The lowest BCUT2D eigenvalue weighted by Crippen LogP contribution is -2.31. The van der Waals surface area contributed by atoms with Gasteiger partial charge in [-0.1, -0.05) is 25.5 Å². The van der Waals surface area contributed by atoms with Crippen LogP contribution in [0.15, 0.2) is 54.2 Å². The van der Waals surface area contributed by atoms with Gasteiger partial charge in [0.25, 0.3) is 11.8 Å². The van der Waals surface area contributed by atoms with Crippen LogP contribution in [0.25, 0.3) is 6.08 Å². The molecule has 0 heterocycles. The van der Waals surface area contributed by atoms with Crippen molar-refractivity contribution >= 4 is 17.9 Å². The molecular formula is C21H24N2O4. The third-order valence-electron chi connectivity index (χ3n) is 3.82. The van der Waals surface area contributed by atoms with Gasteiger partial charge in [-0.05, 0) is 54.5 Å². The first kappa shape index (κ1) is 20.0. The van der Waals surface area contributed by atoms with Gasteiger partial charge in [-0.25, -0.2) is 0 Å². The summed E-state index contributed by atoms with van der Waals surface area (Å²) in [6.45, 7) is 2.73. The van der Waals surface area contributed by atoms with Crippen LogP contribution in [0.1, 0.15) is 35.7 Å². The first-order valence-corrected chi connectivity index (χ1v) is 8.73. The Hall–Kier alpha value is -3.28. The molecule has 0 saturated heterocycles.